The Kier molecular flexibility index (Phi) is 5.05. The first-order valence-electron chi connectivity index (χ1n) is 7.59. The molecule has 1 heterocycles. The highest BCUT2D eigenvalue weighted by Gasteiger charge is 2.08. The first kappa shape index (κ1) is 16.4. The molecule has 24 heavy (non-hydrogen) atoms. The number of amides is 1. The summed E-state index contributed by atoms with van der Waals surface area (Å²) in [6, 6.07) is 12.6. The van der Waals surface area contributed by atoms with Crippen molar-refractivity contribution in [3.8, 4) is 5.75 Å². The standard InChI is InChI=1S/C18H17FN2O2S/c1-23-15-8-6-12(10-13(15)19)7-9-17(22)20-11-18-21-14-4-2-3-5-16(14)24-18/h2-6,8,10H,7,9,11H2,1H3,(H,20,22). The fourth-order valence-electron chi connectivity index (χ4n) is 2.38. The molecule has 0 unspecified atom stereocenters. The van der Waals surface area contributed by atoms with Crippen molar-refractivity contribution in [2.45, 2.75) is 19.4 Å². The van der Waals surface area contributed by atoms with E-state index in [1.807, 2.05) is 24.3 Å². The minimum atomic E-state index is -0.412. The van der Waals surface area contributed by atoms with Gasteiger partial charge in [-0.15, -0.1) is 11.3 Å². The van der Waals surface area contributed by atoms with Crippen molar-refractivity contribution in [2.24, 2.45) is 0 Å². The minimum Gasteiger partial charge on any atom is -0.494 e. The molecule has 1 N–H and O–H groups in total. The minimum absolute atomic E-state index is 0.0783. The van der Waals surface area contributed by atoms with E-state index < -0.39 is 5.82 Å². The molecule has 2 aromatic carbocycles. The van der Waals surface area contributed by atoms with Crippen molar-refractivity contribution in [3.05, 3.63) is 58.9 Å². The van der Waals surface area contributed by atoms with Crippen molar-refractivity contribution in [1.29, 1.82) is 0 Å². The van der Waals surface area contributed by atoms with Gasteiger partial charge in [0.1, 0.15) is 5.01 Å². The maximum absolute atomic E-state index is 13.6. The van der Waals surface area contributed by atoms with Gasteiger partial charge in [0.2, 0.25) is 5.91 Å². The lowest BCUT2D eigenvalue weighted by Gasteiger charge is -2.06. The van der Waals surface area contributed by atoms with E-state index in [0.717, 1.165) is 20.8 Å². The van der Waals surface area contributed by atoms with Gasteiger partial charge in [0.05, 0.1) is 23.9 Å². The number of hydrogen-bond acceptors (Lipinski definition) is 4. The van der Waals surface area contributed by atoms with Crippen LogP contribution in [0.15, 0.2) is 42.5 Å². The van der Waals surface area contributed by atoms with Crippen LogP contribution in [0.5, 0.6) is 5.75 Å². The Morgan fingerprint density at radius 3 is 2.88 bits per heavy atom. The number of hydrogen-bond donors (Lipinski definition) is 1. The van der Waals surface area contributed by atoms with Crippen LogP contribution in [0.1, 0.15) is 17.0 Å². The number of fused-ring (bicyclic) bond motifs is 1. The van der Waals surface area contributed by atoms with Gasteiger partial charge in [0.25, 0.3) is 0 Å². The molecular formula is C18H17FN2O2S. The number of nitrogens with zero attached hydrogens (tertiary/aromatic N) is 1. The number of benzene rings is 2. The molecule has 1 amide bonds. The summed E-state index contributed by atoms with van der Waals surface area (Å²) in [5, 5.41) is 3.73. The molecule has 1 aromatic heterocycles. The lowest BCUT2D eigenvalue weighted by molar-refractivity contribution is -0.121. The van der Waals surface area contributed by atoms with E-state index in [1.54, 1.807) is 23.5 Å². The smallest absolute Gasteiger partial charge is 0.220 e. The van der Waals surface area contributed by atoms with E-state index in [0.29, 0.717) is 19.4 Å². The summed E-state index contributed by atoms with van der Waals surface area (Å²) >= 11 is 1.57. The van der Waals surface area contributed by atoms with E-state index in [1.165, 1.54) is 13.2 Å². The number of rotatable bonds is 6. The zero-order valence-electron chi connectivity index (χ0n) is 13.2. The number of ether oxygens (including phenoxy) is 1. The van der Waals surface area contributed by atoms with E-state index >= 15 is 0 Å². The number of nitrogens with one attached hydrogen (secondary N) is 1. The average Bonchev–Trinajstić information content (AvgIpc) is 3.01. The van der Waals surface area contributed by atoms with E-state index in [4.69, 9.17) is 4.74 Å². The normalized spacial score (nSPS) is 10.8. The number of carbonyl (C=O) groups excluding carboxylic acids is 1. The van der Waals surface area contributed by atoms with Gasteiger partial charge in [0.15, 0.2) is 11.6 Å². The summed E-state index contributed by atoms with van der Waals surface area (Å²) in [7, 11) is 1.42. The second kappa shape index (κ2) is 7.40. The quantitative estimate of drug-likeness (QED) is 0.742. The third kappa shape index (κ3) is 3.89. The van der Waals surface area contributed by atoms with E-state index in [-0.39, 0.29) is 11.7 Å². The maximum Gasteiger partial charge on any atom is 0.220 e. The van der Waals surface area contributed by atoms with E-state index in [9.17, 15) is 9.18 Å². The molecule has 0 aliphatic rings. The predicted molar refractivity (Wildman–Crippen MR) is 92.7 cm³/mol. The van der Waals surface area contributed by atoms with Crippen LogP contribution in [-0.2, 0) is 17.8 Å². The summed E-state index contributed by atoms with van der Waals surface area (Å²) in [5.74, 6) is -0.283. The molecule has 3 rings (SSSR count). The zero-order chi connectivity index (χ0) is 16.9. The topological polar surface area (TPSA) is 51.2 Å². The molecule has 0 spiro atoms. The maximum atomic E-state index is 13.6. The molecule has 124 valence electrons. The third-order valence-electron chi connectivity index (χ3n) is 3.63. The second-order valence-corrected chi connectivity index (χ2v) is 6.44. The Bertz CT molecular complexity index is 830. The molecule has 6 heteroatoms. The molecule has 0 atom stereocenters. The third-order valence-corrected chi connectivity index (χ3v) is 4.67. The molecule has 0 radical (unpaired) electrons. The molecular weight excluding hydrogens is 327 g/mol. The van der Waals surface area contributed by atoms with Gasteiger partial charge >= 0.3 is 0 Å². The predicted octanol–water partition coefficient (Wildman–Crippen LogP) is 3.69. The van der Waals surface area contributed by atoms with Gasteiger partial charge in [-0.2, -0.15) is 0 Å². The lowest BCUT2D eigenvalue weighted by Crippen LogP contribution is -2.22. The number of para-hydroxylation sites is 1. The fraction of sp³-hybridized carbons (Fsp3) is 0.222. The summed E-state index contributed by atoms with van der Waals surface area (Å²) in [5.41, 5.74) is 1.71. The van der Waals surface area contributed by atoms with Crippen LogP contribution >= 0.6 is 11.3 Å². The first-order valence-corrected chi connectivity index (χ1v) is 8.41. The van der Waals surface area contributed by atoms with Crippen LogP contribution < -0.4 is 10.1 Å². The molecule has 0 aliphatic heterocycles. The summed E-state index contributed by atoms with van der Waals surface area (Å²) in [4.78, 5) is 16.4. The van der Waals surface area contributed by atoms with Gasteiger partial charge in [0, 0.05) is 6.42 Å². The highest BCUT2D eigenvalue weighted by Crippen LogP contribution is 2.21. The fourth-order valence-corrected chi connectivity index (χ4v) is 3.29. The van der Waals surface area contributed by atoms with Crippen molar-refractivity contribution in [3.63, 3.8) is 0 Å². The largest absolute Gasteiger partial charge is 0.494 e. The van der Waals surface area contributed by atoms with Crippen LogP contribution in [-0.4, -0.2) is 18.0 Å². The zero-order valence-corrected chi connectivity index (χ0v) is 14.0. The Morgan fingerprint density at radius 1 is 1.29 bits per heavy atom. The molecule has 4 nitrogen and oxygen atoms in total. The average molecular weight is 344 g/mol. The summed E-state index contributed by atoms with van der Waals surface area (Å²) in [6.07, 6.45) is 0.781. The van der Waals surface area contributed by atoms with Crippen LogP contribution in [0.25, 0.3) is 10.2 Å². The van der Waals surface area contributed by atoms with Gasteiger partial charge < -0.3 is 10.1 Å². The monoisotopic (exact) mass is 344 g/mol. The molecule has 0 bridgehead atoms. The molecule has 0 fully saturated rings. The molecule has 0 saturated heterocycles. The number of methoxy groups -OCH3 is 1. The van der Waals surface area contributed by atoms with Crippen LogP contribution in [0.4, 0.5) is 4.39 Å². The number of aryl methyl sites for hydroxylation is 1. The summed E-state index contributed by atoms with van der Waals surface area (Å²) in [6.45, 7) is 0.412. The number of aromatic nitrogens is 1. The number of thiazole rings is 1. The molecule has 0 aliphatic carbocycles. The lowest BCUT2D eigenvalue weighted by atomic mass is 10.1. The molecule has 3 aromatic rings. The van der Waals surface area contributed by atoms with Crippen molar-refractivity contribution < 1.29 is 13.9 Å². The summed E-state index contributed by atoms with van der Waals surface area (Å²) < 4.78 is 19.6. The molecule has 0 saturated carbocycles. The van der Waals surface area contributed by atoms with Crippen molar-refractivity contribution in [1.82, 2.24) is 10.3 Å². The van der Waals surface area contributed by atoms with Crippen molar-refractivity contribution >= 4 is 27.5 Å². The van der Waals surface area contributed by atoms with Gasteiger partial charge in [-0.3, -0.25) is 4.79 Å². The number of halogens is 1. The van der Waals surface area contributed by atoms with Gasteiger partial charge in [-0.25, -0.2) is 9.37 Å². The van der Waals surface area contributed by atoms with Crippen molar-refractivity contribution in [2.75, 3.05) is 7.11 Å². The second-order valence-electron chi connectivity index (χ2n) is 5.32. The van der Waals surface area contributed by atoms with Gasteiger partial charge in [-0.1, -0.05) is 18.2 Å². The number of carbonyl (C=O) groups is 1. The Hall–Kier alpha value is -2.47. The SMILES string of the molecule is COc1ccc(CCC(=O)NCc2nc3ccccc3s2)cc1F. The van der Waals surface area contributed by atoms with Gasteiger partial charge in [-0.05, 0) is 36.2 Å². The van der Waals surface area contributed by atoms with Crippen LogP contribution in [0.2, 0.25) is 0 Å². The Balaban J connectivity index is 1.51. The Labute approximate surface area is 143 Å². The Morgan fingerprint density at radius 2 is 2.12 bits per heavy atom. The van der Waals surface area contributed by atoms with Crippen LogP contribution in [0, 0.1) is 5.82 Å². The first-order chi connectivity index (χ1) is 11.7. The van der Waals surface area contributed by atoms with E-state index in [2.05, 4.69) is 10.3 Å². The highest BCUT2D eigenvalue weighted by atomic mass is 32.1. The highest BCUT2D eigenvalue weighted by molar-refractivity contribution is 7.18. The van der Waals surface area contributed by atoms with Crippen LogP contribution in [0.3, 0.4) is 0 Å².